The molecule has 1 aliphatic heterocycles. The van der Waals surface area contributed by atoms with Crippen molar-refractivity contribution in [2.75, 3.05) is 5.32 Å². The van der Waals surface area contributed by atoms with Crippen molar-refractivity contribution in [2.45, 2.75) is 6.54 Å². The van der Waals surface area contributed by atoms with Crippen molar-refractivity contribution in [2.24, 2.45) is 0 Å². The summed E-state index contributed by atoms with van der Waals surface area (Å²) in [5.74, 6) is -2.08. The number of fused-ring (bicyclic) bond motifs is 1. The van der Waals surface area contributed by atoms with Gasteiger partial charge in [0.05, 0.1) is 28.3 Å². The molecule has 10 nitrogen and oxygen atoms in total. The molecular formula is C21H14N4O6. The number of aromatic hydroxyl groups is 1. The number of carbonyl (C=O) groups excluding carboxylic acids is 3. The van der Waals surface area contributed by atoms with Crippen LogP contribution in [0, 0.1) is 10.1 Å². The standard InChI is InChI=1S/C21H14N4O6/c26-18-6-4-14(25(30)31)9-17(18)23-19(27)13-3-5-15-16(8-13)21(29)24(20(15)28)11-12-2-1-7-22-10-12/h1-10,26H,11H2,(H,23,27). The van der Waals surface area contributed by atoms with Gasteiger partial charge in [0.15, 0.2) is 0 Å². The molecule has 0 atom stereocenters. The van der Waals surface area contributed by atoms with Crippen molar-refractivity contribution in [3.8, 4) is 5.75 Å². The van der Waals surface area contributed by atoms with Crippen LogP contribution in [-0.4, -0.2) is 37.6 Å². The molecule has 0 spiro atoms. The predicted octanol–water partition coefficient (Wildman–Crippen LogP) is 2.74. The number of rotatable bonds is 5. The van der Waals surface area contributed by atoms with Crippen LogP contribution in [0.15, 0.2) is 60.9 Å². The summed E-state index contributed by atoms with van der Waals surface area (Å²) < 4.78 is 0. The van der Waals surface area contributed by atoms with Gasteiger partial charge < -0.3 is 10.4 Å². The van der Waals surface area contributed by atoms with E-state index in [1.807, 2.05) is 0 Å². The molecule has 31 heavy (non-hydrogen) atoms. The van der Waals surface area contributed by atoms with Gasteiger partial charge in [0.2, 0.25) is 0 Å². The highest BCUT2D eigenvalue weighted by Crippen LogP contribution is 2.29. The summed E-state index contributed by atoms with van der Waals surface area (Å²) in [5.41, 5.74) is 0.507. The maximum atomic E-state index is 12.8. The van der Waals surface area contributed by atoms with Crippen LogP contribution in [0.25, 0.3) is 0 Å². The van der Waals surface area contributed by atoms with Crippen LogP contribution in [0.2, 0.25) is 0 Å². The fourth-order valence-electron chi connectivity index (χ4n) is 3.18. The topological polar surface area (TPSA) is 143 Å². The first-order chi connectivity index (χ1) is 14.8. The number of nitro benzene ring substituents is 1. The number of non-ortho nitro benzene ring substituents is 1. The molecular weight excluding hydrogens is 404 g/mol. The summed E-state index contributed by atoms with van der Waals surface area (Å²) in [6.07, 6.45) is 3.13. The van der Waals surface area contributed by atoms with E-state index >= 15 is 0 Å². The molecule has 0 bridgehead atoms. The zero-order valence-electron chi connectivity index (χ0n) is 15.8. The lowest BCUT2D eigenvalue weighted by molar-refractivity contribution is -0.384. The average Bonchev–Trinajstić information content (AvgIpc) is 3.00. The van der Waals surface area contributed by atoms with E-state index in [1.165, 1.54) is 18.2 Å². The summed E-state index contributed by atoms with van der Waals surface area (Å²) in [5, 5.41) is 23.2. The summed E-state index contributed by atoms with van der Waals surface area (Å²) in [4.78, 5) is 53.2. The molecule has 0 saturated carbocycles. The van der Waals surface area contributed by atoms with Gasteiger partial charge >= 0.3 is 0 Å². The van der Waals surface area contributed by atoms with E-state index in [0.29, 0.717) is 5.56 Å². The van der Waals surface area contributed by atoms with Gasteiger partial charge in [-0.2, -0.15) is 0 Å². The monoisotopic (exact) mass is 418 g/mol. The molecule has 2 aromatic carbocycles. The molecule has 154 valence electrons. The van der Waals surface area contributed by atoms with Crippen molar-refractivity contribution >= 4 is 29.1 Å². The van der Waals surface area contributed by atoms with Crippen LogP contribution in [0.1, 0.15) is 36.6 Å². The molecule has 0 radical (unpaired) electrons. The van der Waals surface area contributed by atoms with Gasteiger partial charge in [-0.25, -0.2) is 0 Å². The lowest BCUT2D eigenvalue weighted by Gasteiger charge is -2.13. The largest absolute Gasteiger partial charge is 0.506 e. The normalized spacial score (nSPS) is 12.6. The summed E-state index contributed by atoms with van der Waals surface area (Å²) in [6.45, 7) is 0.0449. The van der Waals surface area contributed by atoms with E-state index in [9.17, 15) is 29.6 Å². The number of pyridine rings is 1. The molecule has 3 amide bonds. The third-order valence-corrected chi connectivity index (χ3v) is 4.74. The number of phenols is 1. The SMILES string of the molecule is O=C(Nc1cc([N+](=O)[O-])ccc1O)c1ccc2c(c1)C(=O)N(Cc1cccnc1)C2=O. The van der Waals surface area contributed by atoms with Gasteiger partial charge in [-0.3, -0.25) is 34.4 Å². The number of imide groups is 1. The highest BCUT2D eigenvalue weighted by molar-refractivity contribution is 6.22. The summed E-state index contributed by atoms with van der Waals surface area (Å²) in [6, 6.07) is 10.7. The first-order valence-corrected chi connectivity index (χ1v) is 9.03. The maximum Gasteiger partial charge on any atom is 0.271 e. The maximum absolute atomic E-state index is 12.8. The molecule has 3 aromatic rings. The number of carbonyl (C=O) groups is 3. The molecule has 1 aromatic heterocycles. The Bertz CT molecular complexity index is 1240. The smallest absolute Gasteiger partial charge is 0.271 e. The number of anilines is 1. The van der Waals surface area contributed by atoms with Gasteiger partial charge in [-0.15, -0.1) is 0 Å². The van der Waals surface area contributed by atoms with E-state index in [4.69, 9.17) is 0 Å². The number of nitrogens with one attached hydrogen (secondary N) is 1. The van der Waals surface area contributed by atoms with Crippen molar-refractivity contribution in [1.82, 2.24) is 9.88 Å². The van der Waals surface area contributed by atoms with E-state index in [1.54, 1.807) is 24.5 Å². The number of nitro groups is 1. The van der Waals surface area contributed by atoms with Crippen LogP contribution >= 0.6 is 0 Å². The Balaban J connectivity index is 1.58. The number of amides is 3. The quantitative estimate of drug-likeness (QED) is 0.281. The Hall–Kier alpha value is -4.60. The first-order valence-electron chi connectivity index (χ1n) is 9.03. The highest BCUT2D eigenvalue weighted by Gasteiger charge is 2.36. The number of hydrogen-bond acceptors (Lipinski definition) is 7. The lowest BCUT2D eigenvalue weighted by atomic mass is 10.1. The molecule has 0 unspecified atom stereocenters. The Labute approximate surface area is 174 Å². The predicted molar refractivity (Wildman–Crippen MR) is 108 cm³/mol. The molecule has 2 heterocycles. The minimum absolute atomic E-state index is 0.0449. The van der Waals surface area contributed by atoms with E-state index in [0.717, 1.165) is 23.1 Å². The van der Waals surface area contributed by atoms with E-state index < -0.39 is 22.6 Å². The van der Waals surface area contributed by atoms with Crippen molar-refractivity contribution < 1.29 is 24.4 Å². The van der Waals surface area contributed by atoms with Crippen molar-refractivity contribution in [3.05, 3.63) is 93.3 Å². The molecule has 10 heteroatoms. The van der Waals surface area contributed by atoms with Crippen LogP contribution in [0.5, 0.6) is 5.75 Å². The lowest BCUT2D eigenvalue weighted by Crippen LogP contribution is -2.29. The van der Waals surface area contributed by atoms with Crippen molar-refractivity contribution in [3.63, 3.8) is 0 Å². The Morgan fingerprint density at radius 3 is 2.58 bits per heavy atom. The minimum atomic E-state index is -0.704. The first kappa shape index (κ1) is 19.7. The van der Waals surface area contributed by atoms with Gasteiger partial charge in [0, 0.05) is 30.1 Å². The van der Waals surface area contributed by atoms with E-state index in [2.05, 4.69) is 10.3 Å². The van der Waals surface area contributed by atoms with Gasteiger partial charge in [-0.05, 0) is 35.9 Å². The fraction of sp³-hybridized carbons (Fsp3) is 0.0476. The highest BCUT2D eigenvalue weighted by atomic mass is 16.6. The molecule has 1 aliphatic rings. The van der Waals surface area contributed by atoms with Crippen LogP contribution < -0.4 is 5.32 Å². The third kappa shape index (κ3) is 3.69. The molecule has 0 fully saturated rings. The molecule has 0 aliphatic carbocycles. The number of nitrogens with zero attached hydrogens (tertiary/aromatic N) is 3. The summed E-state index contributed by atoms with van der Waals surface area (Å²) in [7, 11) is 0. The minimum Gasteiger partial charge on any atom is -0.506 e. The van der Waals surface area contributed by atoms with Gasteiger partial charge in [0.25, 0.3) is 23.4 Å². The Morgan fingerprint density at radius 1 is 1.10 bits per heavy atom. The third-order valence-electron chi connectivity index (χ3n) is 4.74. The average molecular weight is 418 g/mol. The fourth-order valence-corrected chi connectivity index (χ4v) is 3.18. The number of benzene rings is 2. The number of hydrogen-bond donors (Lipinski definition) is 2. The zero-order valence-corrected chi connectivity index (χ0v) is 15.8. The Morgan fingerprint density at radius 2 is 1.87 bits per heavy atom. The van der Waals surface area contributed by atoms with E-state index in [-0.39, 0.29) is 40.4 Å². The summed E-state index contributed by atoms with van der Waals surface area (Å²) >= 11 is 0. The molecule has 0 saturated heterocycles. The molecule has 4 rings (SSSR count). The second-order valence-corrected chi connectivity index (χ2v) is 6.73. The Kier molecular flexibility index (Phi) is 4.88. The number of phenolic OH excluding ortho intramolecular Hbond substituents is 1. The van der Waals surface area contributed by atoms with Crippen LogP contribution in [0.3, 0.4) is 0 Å². The van der Waals surface area contributed by atoms with Crippen LogP contribution in [0.4, 0.5) is 11.4 Å². The molecule has 2 N–H and O–H groups in total. The van der Waals surface area contributed by atoms with Crippen LogP contribution in [-0.2, 0) is 6.54 Å². The second-order valence-electron chi connectivity index (χ2n) is 6.73. The second kappa shape index (κ2) is 7.67. The van der Waals surface area contributed by atoms with Gasteiger partial charge in [-0.1, -0.05) is 6.07 Å². The zero-order chi connectivity index (χ0) is 22.1. The van der Waals surface area contributed by atoms with Crippen molar-refractivity contribution in [1.29, 1.82) is 0 Å². The van der Waals surface area contributed by atoms with Gasteiger partial charge in [0.1, 0.15) is 5.75 Å². The number of aromatic nitrogens is 1.